The van der Waals surface area contributed by atoms with Crippen LogP contribution in [0.4, 0.5) is 5.69 Å². The van der Waals surface area contributed by atoms with Gasteiger partial charge in [-0.1, -0.05) is 54.6 Å². The molecular weight excluding hydrogens is 402 g/mol. The molecule has 0 radical (unpaired) electrons. The average Bonchev–Trinajstić information content (AvgIpc) is 2.85. The zero-order chi connectivity index (χ0) is 22.3. The predicted octanol–water partition coefficient (Wildman–Crippen LogP) is 4.81. The highest BCUT2D eigenvalue weighted by molar-refractivity contribution is 5.41. The molecule has 0 atom stereocenters. The van der Waals surface area contributed by atoms with Gasteiger partial charge in [-0.2, -0.15) is 0 Å². The fourth-order valence-corrected chi connectivity index (χ4v) is 3.36. The summed E-state index contributed by atoms with van der Waals surface area (Å²) < 4.78 is 23.9. The Hall–Kier alpha value is -2.86. The van der Waals surface area contributed by atoms with Crippen LogP contribution < -0.4 is 14.0 Å². The van der Waals surface area contributed by atoms with Gasteiger partial charge in [0.05, 0.1) is 33.5 Å². The van der Waals surface area contributed by atoms with Crippen molar-refractivity contribution in [2.45, 2.75) is 0 Å². The molecule has 0 bridgehead atoms. The minimum atomic E-state index is 0.545. The van der Waals surface area contributed by atoms with Crippen LogP contribution in [0, 0.1) is 0 Å². The van der Waals surface area contributed by atoms with Crippen molar-refractivity contribution in [2.24, 2.45) is 0 Å². The van der Waals surface area contributed by atoms with E-state index in [1.165, 1.54) is 5.69 Å². The van der Waals surface area contributed by atoms with E-state index >= 15 is 0 Å². The molecule has 0 saturated heterocycles. The van der Waals surface area contributed by atoms with Crippen molar-refractivity contribution in [3.05, 3.63) is 91.0 Å². The van der Waals surface area contributed by atoms with Gasteiger partial charge in [-0.05, 0) is 36.4 Å². The topological polar surface area (TPSA) is 36.9 Å². The van der Waals surface area contributed by atoms with Crippen LogP contribution in [0.1, 0.15) is 0 Å². The third-order valence-corrected chi connectivity index (χ3v) is 5.32. The zero-order valence-electron chi connectivity index (χ0n) is 18.9. The molecule has 0 heterocycles. The van der Waals surface area contributed by atoms with Crippen LogP contribution in [0.3, 0.4) is 0 Å². The van der Waals surface area contributed by atoms with E-state index in [4.69, 9.17) is 18.9 Å². The van der Waals surface area contributed by atoms with E-state index in [-0.39, 0.29) is 0 Å². The summed E-state index contributed by atoms with van der Waals surface area (Å²) in [5, 5.41) is 0. The third-order valence-electron chi connectivity index (χ3n) is 5.32. The Labute approximate surface area is 191 Å². The normalized spacial score (nSPS) is 11.3. The molecule has 0 saturated carbocycles. The molecule has 0 amide bonds. The van der Waals surface area contributed by atoms with Crippen molar-refractivity contribution >= 4 is 5.69 Å². The first-order chi connectivity index (χ1) is 15.8. The van der Waals surface area contributed by atoms with Crippen LogP contribution in [0.15, 0.2) is 91.0 Å². The summed E-state index contributed by atoms with van der Waals surface area (Å²) >= 11 is 0. The van der Waals surface area contributed by atoms with Crippen molar-refractivity contribution in [1.82, 2.24) is 4.48 Å². The maximum absolute atomic E-state index is 5.86. The lowest BCUT2D eigenvalue weighted by molar-refractivity contribution is 0.0642. The van der Waals surface area contributed by atoms with E-state index in [0.29, 0.717) is 39.6 Å². The summed E-state index contributed by atoms with van der Waals surface area (Å²) in [6, 6.07) is 30.2. The van der Waals surface area contributed by atoms with Crippen LogP contribution in [0.25, 0.3) is 0 Å². The molecule has 0 aromatic heterocycles. The van der Waals surface area contributed by atoms with E-state index in [1.54, 1.807) is 0 Å². The van der Waals surface area contributed by atoms with Crippen LogP contribution in [0.2, 0.25) is 0 Å². The Morgan fingerprint density at radius 1 is 0.500 bits per heavy atom. The minimum absolute atomic E-state index is 0.545. The van der Waals surface area contributed by atoms with Gasteiger partial charge in [0, 0.05) is 0 Å². The van der Waals surface area contributed by atoms with Crippen molar-refractivity contribution in [3.63, 3.8) is 0 Å². The second kappa shape index (κ2) is 13.5. The maximum atomic E-state index is 5.86. The van der Waals surface area contributed by atoms with Gasteiger partial charge in [0.25, 0.3) is 0 Å². The van der Waals surface area contributed by atoms with E-state index in [2.05, 4.69) is 31.3 Å². The van der Waals surface area contributed by atoms with Crippen LogP contribution in [-0.2, 0) is 9.47 Å². The molecule has 170 valence electrons. The molecule has 32 heavy (non-hydrogen) atoms. The number of rotatable bonds is 15. The quantitative estimate of drug-likeness (QED) is 0.253. The first kappa shape index (κ1) is 23.8. The number of nitrogens with zero attached hydrogens (tertiary/aromatic N) is 1. The molecular formula is C27H34NO4+. The molecule has 0 unspecified atom stereocenters. The first-order valence-electron chi connectivity index (χ1n) is 11.2. The Morgan fingerprint density at radius 2 is 0.906 bits per heavy atom. The highest BCUT2D eigenvalue weighted by Crippen LogP contribution is 2.20. The first-order valence-corrected chi connectivity index (χ1v) is 11.2. The average molecular weight is 437 g/mol. The van der Waals surface area contributed by atoms with E-state index in [9.17, 15) is 0 Å². The van der Waals surface area contributed by atoms with Crippen molar-refractivity contribution in [1.29, 1.82) is 0 Å². The highest BCUT2D eigenvalue weighted by atomic mass is 16.5. The number of ether oxygens (including phenoxy) is 4. The Balaban J connectivity index is 1.37. The molecule has 5 nitrogen and oxygen atoms in total. The second-order valence-electron chi connectivity index (χ2n) is 7.73. The van der Waals surface area contributed by atoms with Gasteiger partial charge in [-0.15, -0.1) is 0 Å². The van der Waals surface area contributed by atoms with E-state index in [0.717, 1.165) is 29.1 Å². The molecule has 3 rings (SSSR count). The van der Waals surface area contributed by atoms with Crippen LogP contribution >= 0.6 is 0 Å². The summed E-state index contributed by atoms with van der Waals surface area (Å²) in [5.41, 5.74) is 1.25. The minimum Gasteiger partial charge on any atom is -0.491 e. The lowest BCUT2D eigenvalue weighted by Crippen LogP contribution is -2.50. The van der Waals surface area contributed by atoms with Gasteiger partial charge in [-0.25, -0.2) is 0 Å². The zero-order valence-corrected chi connectivity index (χ0v) is 18.9. The molecule has 0 aliphatic rings. The fourth-order valence-electron chi connectivity index (χ4n) is 3.36. The summed E-state index contributed by atoms with van der Waals surface area (Å²) in [7, 11) is 2.23. The maximum Gasteiger partial charge on any atom is 0.132 e. The van der Waals surface area contributed by atoms with E-state index < -0.39 is 0 Å². The number of para-hydroxylation sites is 3. The molecule has 3 aromatic carbocycles. The molecule has 0 N–H and O–H groups in total. The lowest BCUT2D eigenvalue weighted by Gasteiger charge is -2.34. The molecule has 0 aliphatic carbocycles. The number of benzene rings is 3. The Bertz CT molecular complexity index is 807. The van der Waals surface area contributed by atoms with Gasteiger partial charge in [0.1, 0.15) is 43.5 Å². The van der Waals surface area contributed by atoms with Gasteiger partial charge < -0.3 is 18.9 Å². The van der Waals surface area contributed by atoms with Gasteiger partial charge >= 0.3 is 0 Å². The molecule has 0 aliphatic heterocycles. The van der Waals surface area contributed by atoms with Gasteiger partial charge in [-0.3, -0.25) is 4.48 Å². The van der Waals surface area contributed by atoms with Crippen LogP contribution in [-0.4, -0.2) is 59.8 Å². The SMILES string of the molecule is C[N+](CCOCCOc1ccccc1)(CCOCCOc1ccccc1)c1ccccc1. The number of hydrogen-bond donors (Lipinski definition) is 0. The Kier molecular flexibility index (Phi) is 10.1. The molecule has 0 spiro atoms. The summed E-state index contributed by atoms with van der Waals surface area (Å²) in [6.45, 7) is 5.25. The van der Waals surface area contributed by atoms with Crippen molar-refractivity contribution in [2.75, 3.05) is 59.8 Å². The standard InChI is InChI=1S/C27H34NO4/c1-28(25-11-5-2-6-12-25,17-19-29-21-23-31-26-13-7-3-8-14-26)18-20-30-22-24-32-27-15-9-4-10-16-27/h2-16H,17-24H2,1H3/q+1. The third kappa shape index (κ3) is 8.35. The summed E-state index contributed by atoms with van der Waals surface area (Å²) in [6.07, 6.45) is 0. The summed E-state index contributed by atoms with van der Waals surface area (Å²) in [4.78, 5) is 0. The highest BCUT2D eigenvalue weighted by Gasteiger charge is 2.24. The van der Waals surface area contributed by atoms with E-state index in [1.807, 2.05) is 66.7 Å². The van der Waals surface area contributed by atoms with Gasteiger partial charge in [0.15, 0.2) is 0 Å². The summed E-state index contributed by atoms with van der Waals surface area (Å²) in [5.74, 6) is 1.74. The number of quaternary nitrogens is 1. The number of hydrogen-bond acceptors (Lipinski definition) is 4. The molecule has 5 heteroatoms. The fraction of sp³-hybridized carbons (Fsp3) is 0.333. The molecule has 3 aromatic rings. The van der Waals surface area contributed by atoms with Crippen LogP contribution in [0.5, 0.6) is 11.5 Å². The smallest absolute Gasteiger partial charge is 0.132 e. The van der Waals surface area contributed by atoms with Crippen molar-refractivity contribution < 1.29 is 18.9 Å². The van der Waals surface area contributed by atoms with Gasteiger partial charge in [0.2, 0.25) is 0 Å². The van der Waals surface area contributed by atoms with Crippen molar-refractivity contribution in [3.8, 4) is 11.5 Å². The largest absolute Gasteiger partial charge is 0.491 e. The monoisotopic (exact) mass is 436 g/mol. The lowest BCUT2D eigenvalue weighted by atomic mass is 10.2. The molecule has 0 fully saturated rings. The number of likely N-dealkylation sites (N-methyl/N-ethyl adjacent to an activating group) is 1. The Morgan fingerprint density at radius 3 is 1.34 bits per heavy atom. The predicted molar refractivity (Wildman–Crippen MR) is 129 cm³/mol. The second-order valence-corrected chi connectivity index (χ2v) is 7.73.